The average Bonchev–Trinajstić information content (AvgIpc) is 2.83. The summed E-state index contributed by atoms with van der Waals surface area (Å²) in [6, 6.07) is 3.88. The molecular formula is C14H13F3N2O2. The first-order valence-corrected chi connectivity index (χ1v) is 6.44. The fourth-order valence-corrected chi connectivity index (χ4v) is 2.69. The summed E-state index contributed by atoms with van der Waals surface area (Å²) in [5, 5.41) is 9.11. The van der Waals surface area contributed by atoms with Gasteiger partial charge in [0.05, 0.1) is 11.1 Å². The maximum Gasteiger partial charge on any atom is 0.449 e. The molecule has 1 saturated carbocycles. The number of rotatable bonds is 2. The van der Waals surface area contributed by atoms with Crippen molar-refractivity contribution in [1.29, 1.82) is 0 Å². The molecule has 21 heavy (non-hydrogen) atoms. The highest BCUT2D eigenvalue weighted by molar-refractivity contribution is 6.01. The van der Waals surface area contributed by atoms with Crippen LogP contribution in [0.5, 0.6) is 0 Å². The molecule has 1 unspecified atom stereocenters. The maximum absolute atomic E-state index is 13.2. The van der Waals surface area contributed by atoms with Crippen LogP contribution in [0.2, 0.25) is 0 Å². The Hall–Kier alpha value is -2.05. The SMILES string of the molecule is CC1(C)CC1n1c(C(F)(F)F)nc2c(C(=O)O)cccc21. The van der Waals surface area contributed by atoms with E-state index in [4.69, 9.17) is 5.11 Å². The van der Waals surface area contributed by atoms with Gasteiger partial charge in [-0.25, -0.2) is 9.78 Å². The van der Waals surface area contributed by atoms with Crippen molar-refractivity contribution in [1.82, 2.24) is 9.55 Å². The van der Waals surface area contributed by atoms with Crippen molar-refractivity contribution >= 4 is 17.0 Å². The van der Waals surface area contributed by atoms with Gasteiger partial charge in [0.25, 0.3) is 0 Å². The van der Waals surface area contributed by atoms with Gasteiger partial charge in [0, 0.05) is 6.04 Å². The summed E-state index contributed by atoms with van der Waals surface area (Å²) in [6.45, 7) is 3.76. The van der Waals surface area contributed by atoms with Crippen LogP contribution in [-0.4, -0.2) is 20.6 Å². The van der Waals surface area contributed by atoms with Gasteiger partial charge in [-0.05, 0) is 24.0 Å². The summed E-state index contributed by atoms with van der Waals surface area (Å²) in [7, 11) is 0. The van der Waals surface area contributed by atoms with Gasteiger partial charge in [-0.1, -0.05) is 19.9 Å². The zero-order chi connectivity index (χ0) is 15.6. The average molecular weight is 298 g/mol. The molecule has 1 aliphatic rings. The second-order valence-electron chi connectivity index (χ2n) is 5.99. The van der Waals surface area contributed by atoms with E-state index in [1.54, 1.807) is 0 Å². The molecule has 0 saturated heterocycles. The minimum atomic E-state index is -4.62. The van der Waals surface area contributed by atoms with Crippen LogP contribution < -0.4 is 0 Å². The number of alkyl halides is 3. The minimum absolute atomic E-state index is 0.111. The second-order valence-corrected chi connectivity index (χ2v) is 5.99. The molecule has 4 nitrogen and oxygen atoms in total. The van der Waals surface area contributed by atoms with Gasteiger partial charge in [0.1, 0.15) is 5.52 Å². The zero-order valence-electron chi connectivity index (χ0n) is 11.4. The van der Waals surface area contributed by atoms with E-state index in [0.29, 0.717) is 6.42 Å². The van der Waals surface area contributed by atoms with Crippen molar-refractivity contribution in [2.75, 3.05) is 0 Å². The summed E-state index contributed by atoms with van der Waals surface area (Å²) in [6.07, 6.45) is -4.01. The van der Waals surface area contributed by atoms with Crippen LogP contribution in [0.25, 0.3) is 11.0 Å². The van der Waals surface area contributed by atoms with Gasteiger partial charge >= 0.3 is 12.1 Å². The third kappa shape index (κ3) is 2.07. The molecule has 7 heteroatoms. The number of hydrogen-bond acceptors (Lipinski definition) is 2. The lowest BCUT2D eigenvalue weighted by atomic mass is 10.1. The molecule has 0 aliphatic heterocycles. The molecular weight excluding hydrogens is 285 g/mol. The van der Waals surface area contributed by atoms with Gasteiger partial charge in [-0.3, -0.25) is 0 Å². The number of aromatic nitrogens is 2. The molecule has 3 rings (SSSR count). The summed E-state index contributed by atoms with van der Waals surface area (Å²) in [5.74, 6) is -2.31. The molecule has 1 heterocycles. The molecule has 0 radical (unpaired) electrons. The Labute approximate surface area is 118 Å². The summed E-state index contributed by atoms with van der Waals surface area (Å²) in [4.78, 5) is 14.8. The van der Waals surface area contributed by atoms with Crippen LogP contribution in [0.3, 0.4) is 0 Å². The van der Waals surface area contributed by atoms with Crippen molar-refractivity contribution in [3.63, 3.8) is 0 Å². The Morgan fingerprint density at radius 1 is 1.43 bits per heavy atom. The van der Waals surface area contributed by atoms with Crippen LogP contribution in [0.1, 0.15) is 42.5 Å². The smallest absolute Gasteiger partial charge is 0.449 e. The predicted molar refractivity (Wildman–Crippen MR) is 69.1 cm³/mol. The van der Waals surface area contributed by atoms with Crippen molar-refractivity contribution in [3.8, 4) is 0 Å². The van der Waals surface area contributed by atoms with Gasteiger partial charge in [-0.2, -0.15) is 13.2 Å². The van der Waals surface area contributed by atoms with Crippen LogP contribution in [-0.2, 0) is 6.18 Å². The number of aromatic carboxylic acids is 1. The number of para-hydroxylation sites is 1. The van der Waals surface area contributed by atoms with E-state index in [-0.39, 0.29) is 28.1 Å². The maximum atomic E-state index is 13.2. The van der Waals surface area contributed by atoms with E-state index >= 15 is 0 Å². The van der Waals surface area contributed by atoms with E-state index in [1.165, 1.54) is 18.2 Å². The number of carboxylic acid groups (broad SMARTS) is 1. The zero-order valence-corrected chi connectivity index (χ0v) is 11.4. The highest BCUT2D eigenvalue weighted by Gasteiger charge is 2.51. The lowest BCUT2D eigenvalue weighted by Gasteiger charge is -2.12. The van der Waals surface area contributed by atoms with Crippen molar-refractivity contribution < 1.29 is 23.1 Å². The van der Waals surface area contributed by atoms with E-state index < -0.39 is 18.0 Å². The fourth-order valence-electron chi connectivity index (χ4n) is 2.69. The lowest BCUT2D eigenvalue weighted by Crippen LogP contribution is -2.15. The first-order chi connectivity index (χ1) is 9.63. The van der Waals surface area contributed by atoms with E-state index in [2.05, 4.69) is 4.98 Å². The molecule has 1 fully saturated rings. The van der Waals surface area contributed by atoms with Crippen LogP contribution in [0.15, 0.2) is 18.2 Å². The third-order valence-corrected chi connectivity index (χ3v) is 3.98. The first-order valence-electron chi connectivity index (χ1n) is 6.44. The molecule has 1 aromatic carbocycles. The highest BCUT2D eigenvalue weighted by atomic mass is 19.4. The van der Waals surface area contributed by atoms with Crippen LogP contribution in [0.4, 0.5) is 13.2 Å². The third-order valence-electron chi connectivity index (χ3n) is 3.98. The molecule has 1 N–H and O–H groups in total. The Bertz CT molecular complexity index is 746. The first kappa shape index (κ1) is 13.9. The van der Waals surface area contributed by atoms with E-state index in [1.807, 2.05) is 13.8 Å². The van der Waals surface area contributed by atoms with Gasteiger partial charge in [0.15, 0.2) is 0 Å². The number of imidazole rings is 1. The topological polar surface area (TPSA) is 55.1 Å². The standard InChI is InChI=1S/C14H13F3N2O2/c1-13(2)6-9(13)19-8-5-3-4-7(11(20)21)10(8)18-12(19)14(15,16)17/h3-5,9H,6H2,1-2H3,(H,20,21). The molecule has 0 bridgehead atoms. The molecule has 112 valence electrons. The number of nitrogens with zero attached hydrogens (tertiary/aromatic N) is 2. The number of hydrogen-bond donors (Lipinski definition) is 1. The van der Waals surface area contributed by atoms with Crippen molar-refractivity contribution in [2.24, 2.45) is 5.41 Å². The molecule has 0 spiro atoms. The molecule has 1 aromatic heterocycles. The highest BCUT2D eigenvalue weighted by Crippen LogP contribution is 2.57. The molecule has 1 aliphatic carbocycles. The van der Waals surface area contributed by atoms with E-state index in [9.17, 15) is 18.0 Å². The van der Waals surface area contributed by atoms with Crippen molar-refractivity contribution in [3.05, 3.63) is 29.6 Å². The minimum Gasteiger partial charge on any atom is -0.478 e. The lowest BCUT2D eigenvalue weighted by molar-refractivity contribution is -0.147. The summed E-state index contributed by atoms with van der Waals surface area (Å²) in [5.41, 5.74) is -0.347. The van der Waals surface area contributed by atoms with Gasteiger partial charge in [0.2, 0.25) is 5.82 Å². The normalized spacial score (nSPS) is 20.7. The van der Waals surface area contributed by atoms with Crippen molar-refractivity contribution in [2.45, 2.75) is 32.5 Å². The number of halogens is 3. The second kappa shape index (κ2) is 3.99. The number of carboxylic acids is 1. The van der Waals surface area contributed by atoms with Crippen LogP contribution in [0, 0.1) is 5.41 Å². The van der Waals surface area contributed by atoms with Crippen LogP contribution >= 0.6 is 0 Å². The molecule has 1 atom stereocenters. The largest absolute Gasteiger partial charge is 0.478 e. The quantitative estimate of drug-likeness (QED) is 0.919. The van der Waals surface area contributed by atoms with Gasteiger partial charge < -0.3 is 9.67 Å². The molecule has 2 aromatic rings. The molecule has 0 amide bonds. The predicted octanol–water partition coefficient (Wildman–Crippen LogP) is 3.72. The van der Waals surface area contributed by atoms with Gasteiger partial charge in [-0.15, -0.1) is 0 Å². The number of benzene rings is 1. The fraction of sp³-hybridized carbons (Fsp3) is 0.429. The summed E-state index contributed by atoms with van der Waals surface area (Å²) < 4.78 is 40.8. The van der Waals surface area contributed by atoms with E-state index in [0.717, 1.165) is 4.57 Å². The Balaban J connectivity index is 2.33. The summed E-state index contributed by atoms with van der Waals surface area (Å²) >= 11 is 0. The number of carbonyl (C=O) groups is 1. The Morgan fingerprint density at radius 2 is 2.05 bits per heavy atom. The Kier molecular flexibility index (Phi) is 2.64. The monoisotopic (exact) mass is 298 g/mol. The Morgan fingerprint density at radius 3 is 2.52 bits per heavy atom. The number of fused-ring (bicyclic) bond motifs is 1.